The van der Waals surface area contributed by atoms with Crippen LogP contribution in [0.15, 0.2) is 0 Å². The van der Waals surface area contributed by atoms with Crippen molar-refractivity contribution in [3.05, 3.63) is 0 Å². The Kier molecular flexibility index (Phi) is 7.14. The standard InChI is InChI=1S/C12H26N2O3S/c1-3-4-12(9-17-2)14-18(15,16)10-11-5-7-13-8-6-11/h11-14H,3-10H2,1-2H3. The first-order valence-corrected chi connectivity index (χ1v) is 8.42. The zero-order valence-corrected chi connectivity index (χ0v) is 12.3. The summed E-state index contributed by atoms with van der Waals surface area (Å²) in [6.45, 7) is 4.34. The van der Waals surface area contributed by atoms with Crippen LogP contribution in [-0.4, -0.2) is 47.0 Å². The molecule has 1 fully saturated rings. The lowest BCUT2D eigenvalue weighted by atomic mass is 10.0. The smallest absolute Gasteiger partial charge is 0.212 e. The van der Waals surface area contributed by atoms with E-state index >= 15 is 0 Å². The van der Waals surface area contributed by atoms with E-state index in [0.29, 0.717) is 6.61 Å². The van der Waals surface area contributed by atoms with Crippen molar-refractivity contribution < 1.29 is 13.2 Å². The van der Waals surface area contributed by atoms with Gasteiger partial charge in [0.1, 0.15) is 0 Å². The Labute approximate surface area is 111 Å². The highest BCUT2D eigenvalue weighted by Crippen LogP contribution is 2.14. The van der Waals surface area contributed by atoms with E-state index in [2.05, 4.69) is 10.0 Å². The minimum absolute atomic E-state index is 0.0910. The van der Waals surface area contributed by atoms with Crippen molar-refractivity contribution in [2.75, 3.05) is 32.6 Å². The van der Waals surface area contributed by atoms with Crippen LogP contribution in [0.4, 0.5) is 0 Å². The molecule has 2 N–H and O–H groups in total. The Balaban J connectivity index is 2.45. The molecule has 1 rings (SSSR count). The molecule has 0 saturated carbocycles. The number of sulfonamides is 1. The lowest BCUT2D eigenvalue weighted by Crippen LogP contribution is -2.42. The van der Waals surface area contributed by atoms with Gasteiger partial charge in [0, 0.05) is 13.2 Å². The molecule has 1 unspecified atom stereocenters. The molecule has 0 radical (unpaired) electrons. The summed E-state index contributed by atoms with van der Waals surface area (Å²) in [4.78, 5) is 0. The van der Waals surface area contributed by atoms with Crippen LogP contribution in [0.25, 0.3) is 0 Å². The van der Waals surface area contributed by atoms with E-state index in [4.69, 9.17) is 4.74 Å². The Morgan fingerprint density at radius 2 is 2.06 bits per heavy atom. The van der Waals surface area contributed by atoms with E-state index in [-0.39, 0.29) is 17.7 Å². The molecule has 5 nitrogen and oxygen atoms in total. The second-order valence-corrected chi connectivity index (χ2v) is 6.83. The van der Waals surface area contributed by atoms with Gasteiger partial charge in [0.05, 0.1) is 12.4 Å². The zero-order valence-electron chi connectivity index (χ0n) is 11.4. The lowest BCUT2D eigenvalue weighted by molar-refractivity contribution is 0.171. The van der Waals surface area contributed by atoms with Crippen molar-refractivity contribution in [3.8, 4) is 0 Å². The van der Waals surface area contributed by atoms with Gasteiger partial charge in [-0.05, 0) is 38.3 Å². The maximum absolute atomic E-state index is 12.1. The average Bonchev–Trinajstić information content (AvgIpc) is 2.29. The topological polar surface area (TPSA) is 67.4 Å². The van der Waals surface area contributed by atoms with Crippen molar-refractivity contribution in [1.29, 1.82) is 0 Å². The fourth-order valence-electron chi connectivity index (χ4n) is 2.39. The van der Waals surface area contributed by atoms with Crippen molar-refractivity contribution in [1.82, 2.24) is 10.0 Å². The highest BCUT2D eigenvalue weighted by Gasteiger charge is 2.23. The second kappa shape index (κ2) is 8.09. The normalized spacial score (nSPS) is 19.9. The third-order valence-corrected chi connectivity index (χ3v) is 4.87. The summed E-state index contributed by atoms with van der Waals surface area (Å²) in [7, 11) is -1.58. The molecule has 0 aromatic heterocycles. The van der Waals surface area contributed by atoms with Gasteiger partial charge in [-0.1, -0.05) is 13.3 Å². The molecule has 6 heteroatoms. The zero-order chi connectivity index (χ0) is 13.4. The van der Waals surface area contributed by atoms with Gasteiger partial charge in [0.2, 0.25) is 10.0 Å². The number of rotatable bonds is 8. The third kappa shape index (κ3) is 6.13. The predicted molar refractivity (Wildman–Crippen MR) is 73.1 cm³/mol. The predicted octanol–water partition coefficient (Wildman–Crippen LogP) is 0.721. The molecule has 1 aliphatic heterocycles. The summed E-state index contributed by atoms with van der Waals surface area (Å²) in [6, 6.07) is -0.0910. The summed E-state index contributed by atoms with van der Waals surface area (Å²) in [6.07, 6.45) is 3.66. The molecule has 18 heavy (non-hydrogen) atoms. The van der Waals surface area contributed by atoms with Gasteiger partial charge in [0.25, 0.3) is 0 Å². The minimum atomic E-state index is -3.18. The van der Waals surface area contributed by atoms with Crippen LogP contribution >= 0.6 is 0 Å². The molecular weight excluding hydrogens is 252 g/mol. The van der Waals surface area contributed by atoms with E-state index in [9.17, 15) is 8.42 Å². The molecule has 108 valence electrons. The maximum Gasteiger partial charge on any atom is 0.212 e. The molecule has 0 bridgehead atoms. The molecule has 0 amide bonds. The maximum atomic E-state index is 12.1. The van der Waals surface area contributed by atoms with Gasteiger partial charge >= 0.3 is 0 Å². The van der Waals surface area contributed by atoms with Crippen molar-refractivity contribution in [2.24, 2.45) is 5.92 Å². The van der Waals surface area contributed by atoms with Gasteiger partial charge in [-0.2, -0.15) is 0 Å². The number of hydrogen-bond acceptors (Lipinski definition) is 4. The largest absolute Gasteiger partial charge is 0.383 e. The van der Waals surface area contributed by atoms with E-state index in [1.165, 1.54) is 0 Å². The first-order valence-electron chi connectivity index (χ1n) is 6.77. The number of methoxy groups -OCH3 is 1. The Bertz CT molecular complexity index is 307. The van der Waals surface area contributed by atoms with E-state index in [0.717, 1.165) is 38.8 Å². The van der Waals surface area contributed by atoms with Gasteiger partial charge in [-0.3, -0.25) is 0 Å². The van der Waals surface area contributed by atoms with Gasteiger partial charge in [0.15, 0.2) is 0 Å². The van der Waals surface area contributed by atoms with Crippen LogP contribution in [-0.2, 0) is 14.8 Å². The van der Waals surface area contributed by atoms with E-state index in [1.807, 2.05) is 6.92 Å². The molecule has 1 atom stereocenters. The molecule has 1 aliphatic rings. The molecule has 0 aliphatic carbocycles. The molecule has 0 spiro atoms. The molecular formula is C12H26N2O3S. The van der Waals surface area contributed by atoms with Gasteiger partial charge in [-0.25, -0.2) is 13.1 Å². The number of hydrogen-bond donors (Lipinski definition) is 2. The number of piperidine rings is 1. The van der Waals surface area contributed by atoms with Crippen molar-refractivity contribution >= 4 is 10.0 Å². The summed E-state index contributed by atoms with van der Waals surface area (Å²) >= 11 is 0. The summed E-state index contributed by atoms with van der Waals surface area (Å²) in [5, 5.41) is 3.25. The second-order valence-electron chi connectivity index (χ2n) is 5.03. The summed E-state index contributed by atoms with van der Waals surface area (Å²) in [5.74, 6) is 0.534. The van der Waals surface area contributed by atoms with Crippen molar-refractivity contribution in [3.63, 3.8) is 0 Å². The van der Waals surface area contributed by atoms with Gasteiger partial charge < -0.3 is 10.1 Å². The highest BCUT2D eigenvalue weighted by molar-refractivity contribution is 7.89. The summed E-state index contributed by atoms with van der Waals surface area (Å²) in [5.41, 5.74) is 0. The van der Waals surface area contributed by atoms with Crippen LogP contribution in [0.3, 0.4) is 0 Å². The van der Waals surface area contributed by atoms with Gasteiger partial charge in [-0.15, -0.1) is 0 Å². The van der Waals surface area contributed by atoms with Crippen molar-refractivity contribution in [2.45, 2.75) is 38.6 Å². The van der Waals surface area contributed by atoms with Crippen LogP contribution in [0.2, 0.25) is 0 Å². The molecule has 1 heterocycles. The number of nitrogens with one attached hydrogen (secondary N) is 2. The molecule has 0 aromatic carbocycles. The Hall–Kier alpha value is -0.170. The molecule has 0 aromatic rings. The fraction of sp³-hybridized carbons (Fsp3) is 1.00. The lowest BCUT2D eigenvalue weighted by Gasteiger charge is -2.24. The Morgan fingerprint density at radius 3 is 2.61 bits per heavy atom. The van der Waals surface area contributed by atoms with Crippen LogP contribution < -0.4 is 10.0 Å². The first kappa shape index (κ1) is 15.9. The average molecular weight is 278 g/mol. The van der Waals surface area contributed by atoms with Crippen LogP contribution in [0.1, 0.15) is 32.6 Å². The Morgan fingerprint density at radius 1 is 1.39 bits per heavy atom. The highest BCUT2D eigenvalue weighted by atomic mass is 32.2. The molecule has 1 saturated heterocycles. The first-order chi connectivity index (χ1) is 8.57. The SMILES string of the molecule is CCCC(COC)NS(=O)(=O)CC1CCNCC1. The minimum Gasteiger partial charge on any atom is -0.383 e. The van der Waals surface area contributed by atoms with E-state index in [1.54, 1.807) is 7.11 Å². The monoisotopic (exact) mass is 278 g/mol. The van der Waals surface area contributed by atoms with Crippen LogP contribution in [0.5, 0.6) is 0 Å². The van der Waals surface area contributed by atoms with Crippen LogP contribution in [0, 0.1) is 5.92 Å². The fourth-order valence-corrected chi connectivity index (χ4v) is 4.13. The quantitative estimate of drug-likeness (QED) is 0.686. The third-order valence-electron chi connectivity index (χ3n) is 3.27. The van der Waals surface area contributed by atoms with E-state index < -0.39 is 10.0 Å². The number of ether oxygens (including phenoxy) is 1. The summed E-state index contributed by atoms with van der Waals surface area (Å²) < 4.78 is 32.0.